The summed E-state index contributed by atoms with van der Waals surface area (Å²) in [5.41, 5.74) is 0.878. The van der Waals surface area contributed by atoms with E-state index in [1.165, 1.54) is 11.8 Å². The summed E-state index contributed by atoms with van der Waals surface area (Å²) in [5, 5.41) is 6.15. The number of ether oxygens (including phenoxy) is 2. The third-order valence-corrected chi connectivity index (χ3v) is 6.74. The molecule has 1 aliphatic carbocycles. The molecule has 0 unspecified atom stereocenters. The van der Waals surface area contributed by atoms with Crippen LogP contribution in [-0.4, -0.2) is 36.8 Å². The number of rotatable bonds is 7. The molecule has 0 radical (unpaired) electrons. The van der Waals surface area contributed by atoms with Gasteiger partial charge < -0.3 is 20.1 Å². The number of nitrogens with one attached hydrogen (secondary N) is 2. The average molecular weight is 413 g/mol. The summed E-state index contributed by atoms with van der Waals surface area (Å²) in [7, 11) is 3.23. The summed E-state index contributed by atoms with van der Waals surface area (Å²) in [6.07, 6.45) is 2.10. The summed E-state index contributed by atoms with van der Waals surface area (Å²) in [6, 6.07) is 14.8. The van der Waals surface area contributed by atoms with Gasteiger partial charge in [-0.05, 0) is 54.8 Å². The lowest BCUT2D eigenvalue weighted by Crippen LogP contribution is -2.48. The normalized spacial score (nSPS) is 23.4. The van der Waals surface area contributed by atoms with E-state index in [-0.39, 0.29) is 24.3 Å². The van der Waals surface area contributed by atoms with Gasteiger partial charge in [0.05, 0.1) is 26.7 Å². The maximum absolute atomic E-state index is 13.4. The van der Waals surface area contributed by atoms with Gasteiger partial charge in [0.1, 0.15) is 16.2 Å². The molecule has 1 heterocycles. The van der Waals surface area contributed by atoms with Gasteiger partial charge in [0, 0.05) is 10.9 Å². The van der Waals surface area contributed by atoms with Crippen molar-refractivity contribution in [2.24, 2.45) is 0 Å². The molecule has 2 amide bonds. The zero-order chi connectivity index (χ0) is 20.4. The number of methoxy groups -OCH3 is 2. The minimum atomic E-state index is -0.969. The molecule has 0 spiro atoms. The van der Waals surface area contributed by atoms with Crippen LogP contribution in [0.2, 0.25) is 0 Å². The minimum Gasteiger partial charge on any atom is -0.497 e. The molecule has 2 aliphatic rings. The molecule has 6 nitrogen and oxygen atoms in total. The van der Waals surface area contributed by atoms with E-state index in [4.69, 9.17) is 9.47 Å². The third-order valence-electron chi connectivity index (χ3n) is 5.30. The van der Waals surface area contributed by atoms with Gasteiger partial charge in [-0.25, -0.2) is 0 Å². The molecule has 0 aromatic heterocycles. The molecule has 0 bridgehead atoms. The molecule has 7 heteroatoms. The van der Waals surface area contributed by atoms with Crippen LogP contribution in [0.1, 0.15) is 30.9 Å². The van der Waals surface area contributed by atoms with E-state index in [0.29, 0.717) is 0 Å². The molecule has 29 heavy (non-hydrogen) atoms. The lowest BCUT2D eigenvalue weighted by atomic mass is 9.92. The standard InChI is InChI=1S/C22H24N2O4S/c1-27-16-7-3-14(4-8-16)20-22(13-19(25)24-20,21(26)23-15-5-6-15)29-18-11-9-17(28-2)10-12-18/h3-4,7-12,15,20H,5-6,13H2,1-2H3,(H,23,26)(H,24,25)/t20-,22-/m1/s1. The second-order valence-corrected chi connectivity index (χ2v) is 8.77. The van der Waals surface area contributed by atoms with E-state index in [1.807, 2.05) is 48.5 Å². The molecule has 2 N–H and O–H groups in total. The monoisotopic (exact) mass is 412 g/mol. The Balaban J connectivity index is 1.71. The lowest BCUT2D eigenvalue weighted by molar-refractivity contribution is -0.125. The number of thioether (sulfide) groups is 1. The quantitative estimate of drug-likeness (QED) is 0.731. The van der Waals surface area contributed by atoms with Gasteiger partial charge in [0.25, 0.3) is 0 Å². The first kappa shape index (κ1) is 19.6. The van der Waals surface area contributed by atoms with E-state index in [2.05, 4.69) is 10.6 Å². The molecule has 152 valence electrons. The maximum Gasteiger partial charge on any atom is 0.239 e. The zero-order valence-electron chi connectivity index (χ0n) is 16.4. The van der Waals surface area contributed by atoms with Gasteiger partial charge in [-0.2, -0.15) is 0 Å². The summed E-state index contributed by atoms with van der Waals surface area (Å²) < 4.78 is 9.51. The number of hydrogen-bond donors (Lipinski definition) is 2. The van der Waals surface area contributed by atoms with E-state index in [1.54, 1.807) is 14.2 Å². The van der Waals surface area contributed by atoms with Crippen molar-refractivity contribution in [2.45, 2.75) is 41.0 Å². The van der Waals surface area contributed by atoms with Crippen molar-refractivity contribution in [3.05, 3.63) is 54.1 Å². The predicted molar refractivity (Wildman–Crippen MR) is 111 cm³/mol. The van der Waals surface area contributed by atoms with Crippen molar-refractivity contribution in [1.82, 2.24) is 10.6 Å². The smallest absolute Gasteiger partial charge is 0.239 e. The first-order valence-corrected chi connectivity index (χ1v) is 10.4. The Kier molecular flexibility index (Phi) is 5.41. The molecular formula is C22H24N2O4S. The van der Waals surface area contributed by atoms with Crippen LogP contribution in [0.25, 0.3) is 0 Å². The van der Waals surface area contributed by atoms with Crippen molar-refractivity contribution in [2.75, 3.05) is 14.2 Å². The SMILES string of the molecule is COc1ccc(S[C@]2(C(=O)NC3CC3)CC(=O)N[C@@H]2c2ccc(OC)cc2)cc1. The topological polar surface area (TPSA) is 76.7 Å². The molecule has 2 fully saturated rings. The molecule has 1 saturated heterocycles. The van der Waals surface area contributed by atoms with Crippen molar-refractivity contribution in [1.29, 1.82) is 0 Å². The molecular weight excluding hydrogens is 388 g/mol. The molecule has 2 aromatic carbocycles. The highest BCUT2D eigenvalue weighted by Crippen LogP contribution is 2.49. The minimum absolute atomic E-state index is 0.0972. The summed E-state index contributed by atoms with van der Waals surface area (Å²) in [6.45, 7) is 0. The highest BCUT2D eigenvalue weighted by atomic mass is 32.2. The number of hydrogen-bond acceptors (Lipinski definition) is 5. The molecule has 1 aliphatic heterocycles. The van der Waals surface area contributed by atoms with E-state index in [0.717, 1.165) is 34.8 Å². The first-order chi connectivity index (χ1) is 14.0. The van der Waals surface area contributed by atoms with E-state index >= 15 is 0 Å². The first-order valence-electron chi connectivity index (χ1n) is 9.61. The van der Waals surface area contributed by atoms with Gasteiger partial charge >= 0.3 is 0 Å². The molecule has 1 saturated carbocycles. The van der Waals surface area contributed by atoms with Crippen molar-refractivity contribution >= 4 is 23.6 Å². The second kappa shape index (κ2) is 7.99. The van der Waals surface area contributed by atoms with Crippen LogP contribution >= 0.6 is 11.8 Å². The number of carbonyl (C=O) groups excluding carboxylic acids is 2. The molecule has 2 atom stereocenters. The molecule has 2 aromatic rings. The maximum atomic E-state index is 13.4. The Labute approximate surface area is 174 Å². The Morgan fingerprint density at radius 3 is 2.17 bits per heavy atom. The number of benzene rings is 2. The summed E-state index contributed by atoms with van der Waals surface area (Å²) in [4.78, 5) is 26.8. The van der Waals surface area contributed by atoms with Gasteiger partial charge in [-0.1, -0.05) is 12.1 Å². The third kappa shape index (κ3) is 4.05. The Morgan fingerprint density at radius 1 is 1.03 bits per heavy atom. The van der Waals surface area contributed by atoms with Gasteiger partial charge in [-0.3, -0.25) is 9.59 Å². The fourth-order valence-electron chi connectivity index (χ4n) is 3.56. The van der Waals surface area contributed by atoms with Crippen LogP contribution in [0.5, 0.6) is 11.5 Å². The Morgan fingerprint density at radius 2 is 1.62 bits per heavy atom. The van der Waals surface area contributed by atoms with Crippen LogP contribution in [0.4, 0.5) is 0 Å². The largest absolute Gasteiger partial charge is 0.497 e. The summed E-state index contributed by atoms with van der Waals surface area (Å²) >= 11 is 1.43. The fourth-order valence-corrected chi connectivity index (χ4v) is 4.92. The number of amides is 2. The molecule has 4 rings (SSSR count). The summed E-state index contributed by atoms with van der Waals surface area (Å²) in [5.74, 6) is 1.25. The Hall–Kier alpha value is -2.67. The highest BCUT2D eigenvalue weighted by molar-refractivity contribution is 8.01. The van der Waals surface area contributed by atoms with Crippen molar-refractivity contribution < 1.29 is 19.1 Å². The zero-order valence-corrected chi connectivity index (χ0v) is 17.3. The fraction of sp³-hybridized carbons (Fsp3) is 0.364. The Bertz CT molecular complexity index is 896. The van der Waals surface area contributed by atoms with E-state index < -0.39 is 10.8 Å². The predicted octanol–water partition coefficient (Wildman–Crippen LogP) is 3.07. The van der Waals surface area contributed by atoms with Crippen molar-refractivity contribution in [3.63, 3.8) is 0 Å². The highest BCUT2D eigenvalue weighted by Gasteiger charge is 2.55. The van der Waals surface area contributed by atoms with E-state index in [9.17, 15) is 9.59 Å². The van der Waals surface area contributed by atoms with Crippen LogP contribution in [0.15, 0.2) is 53.4 Å². The van der Waals surface area contributed by atoms with Crippen LogP contribution < -0.4 is 20.1 Å². The van der Waals surface area contributed by atoms with Gasteiger partial charge in [-0.15, -0.1) is 11.8 Å². The second-order valence-electron chi connectivity index (χ2n) is 7.37. The lowest BCUT2D eigenvalue weighted by Gasteiger charge is -2.32. The average Bonchev–Trinajstić information content (AvgIpc) is 3.49. The number of carbonyl (C=O) groups is 2. The van der Waals surface area contributed by atoms with Crippen LogP contribution in [-0.2, 0) is 9.59 Å². The van der Waals surface area contributed by atoms with Crippen molar-refractivity contribution in [3.8, 4) is 11.5 Å². The van der Waals surface area contributed by atoms with Crippen LogP contribution in [0, 0.1) is 0 Å². The van der Waals surface area contributed by atoms with Crippen LogP contribution in [0.3, 0.4) is 0 Å². The van der Waals surface area contributed by atoms with Gasteiger partial charge in [0.15, 0.2) is 0 Å². The van der Waals surface area contributed by atoms with Gasteiger partial charge in [0.2, 0.25) is 11.8 Å².